The summed E-state index contributed by atoms with van der Waals surface area (Å²) < 4.78 is 5.78. The van der Waals surface area contributed by atoms with Gasteiger partial charge in [-0.15, -0.1) is 0 Å². The van der Waals surface area contributed by atoms with Crippen molar-refractivity contribution in [3.05, 3.63) is 46.5 Å². The number of ketones is 2. The monoisotopic (exact) mass is 352 g/mol. The van der Waals surface area contributed by atoms with E-state index in [1.807, 2.05) is 0 Å². The van der Waals surface area contributed by atoms with Gasteiger partial charge in [0.25, 0.3) is 0 Å². The highest BCUT2D eigenvalue weighted by Crippen LogP contribution is 2.21. The Kier molecular flexibility index (Phi) is 6.49. The third-order valence-corrected chi connectivity index (χ3v) is 3.53. The number of carbonyl (C=O) groups is 3. The quantitative estimate of drug-likeness (QED) is 0.429. The third-order valence-electron chi connectivity index (χ3n) is 3.00. The average molecular weight is 353 g/mol. The molecule has 4 nitrogen and oxygen atoms in total. The predicted octanol–water partition coefficient (Wildman–Crippen LogP) is 3.35. The smallest absolute Gasteiger partial charge is 0.313 e. The Morgan fingerprint density at radius 2 is 1.81 bits per heavy atom. The molecular weight excluding hydrogens is 336 g/mol. The van der Waals surface area contributed by atoms with E-state index >= 15 is 0 Å². The largest absolute Gasteiger partial charge is 0.466 e. The number of benzene rings is 1. The number of ether oxygens (including phenoxy) is 1. The van der Waals surface area contributed by atoms with Crippen LogP contribution in [0.5, 0.6) is 0 Å². The maximum Gasteiger partial charge on any atom is 0.313 e. The third kappa shape index (κ3) is 4.93. The molecule has 0 aliphatic heterocycles. The molecule has 0 aliphatic carbocycles. The minimum absolute atomic E-state index is 0.0962. The standard InChI is InChI=1S/C16H17BrO4/c1-4-21-16(20)14(10(2)11(3)18)9-15(19)12-5-7-13(17)8-6-12/h5-8,14H,2,4,9H2,1,3H3/t14-/m1/s1. The van der Waals surface area contributed by atoms with Crippen molar-refractivity contribution in [2.24, 2.45) is 5.92 Å². The molecule has 0 unspecified atom stereocenters. The van der Waals surface area contributed by atoms with Crippen LogP contribution >= 0.6 is 15.9 Å². The Bertz CT molecular complexity index is 560. The number of carbonyl (C=O) groups excluding carboxylic acids is 3. The van der Waals surface area contributed by atoms with Gasteiger partial charge in [0.1, 0.15) is 0 Å². The van der Waals surface area contributed by atoms with Crippen LogP contribution in [0.25, 0.3) is 0 Å². The summed E-state index contributed by atoms with van der Waals surface area (Å²) in [5.74, 6) is -2.08. The minimum Gasteiger partial charge on any atom is -0.466 e. The van der Waals surface area contributed by atoms with Crippen molar-refractivity contribution < 1.29 is 19.1 Å². The lowest BCUT2D eigenvalue weighted by Gasteiger charge is -2.15. The second-order valence-electron chi connectivity index (χ2n) is 4.52. The highest BCUT2D eigenvalue weighted by Gasteiger charge is 2.28. The van der Waals surface area contributed by atoms with Crippen LogP contribution in [0.4, 0.5) is 0 Å². The lowest BCUT2D eigenvalue weighted by molar-refractivity contribution is -0.147. The van der Waals surface area contributed by atoms with E-state index in [0.717, 1.165) is 4.47 Å². The van der Waals surface area contributed by atoms with Crippen LogP contribution in [-0.4, -0.2) is 24.1 Å². The first-order chi connectivity index (χ1) is 9.86. The minimum atomic E-state index is -0.932. The molecule has 0 N–H and O–H groups in total. The lowest BCUT2D eigenvalue weighted by atomic mass is 9.90. The van der Waals surface area contributed by atoms with E-state index < -0.39 is 11.9 Å². The second kappa shape index (κ2) is 7.88. The highest BCUT2D eigenvalue weighted by molar-refractivity contribution is 9.10. The molecule has 1 rings (SSSR count). The van der Waals surface area contributed by atoms with Gasteiger partial charge in [-0.3, -0.25) is 14.4 Å². The SMILES string of the molecule is C=C(C(C)=O)[C@@H](CC(=O)c1ccc(Br)cc1)C(=O)OCC. The van der Waals surface area contributed by atoms with E-state index in [2.05, 4.69) is 22.5 Å². The second-order valence-corrected chi connectivity index (χ2v) is 5.44. The van der Waals surface area contributed by atoms with Gasteiger partial charge in [0.15, 0.2) is 11.6 Å². The Morgan fingerprint density at radius 3 is 2.29 bits per heavy atom. The molecule has 0 fully saturated rings. The summed E-state index contributed by atoms with van der Waals surface area (Å²) in [5.41, 5.74) is 0.572. The van der Waals surface area contributed by atoms with Gasteiger partial charge in [-0.25, -0.2) is 0 Å². The average Bonchev–Trinajstić information content (AvgIpc) is 2.44. The molecule has 0 saturated heterocycles. The molecule has 1 aromatic carbocycles. The maximum atomic E-state index is 12.2. The summed E-state index contributed by atoms with van der Waals surface area (Å²) in [4.78, 5) is 35.6. The molecule has 0 saturated carbocycles. The Hall–Kier alpha value is -1.75. The first-order valence-corrected chi connectivity index (χ1v) is 7.31. The van der Waals surface area contributed by atoms with Crippen LogP contribution in [0, 0.1) is 5.92 Å². The van der Waals surface area contributed by atoms with Crippen molar-refractivity contribution in [2.45, 2.75) is 20.3 Å². The van der Waals surface area contributed by atoms with Crippen LogP contribution in [0.3, 0.4) is 0 Å². The molecule has 0 spiro atoms. The summed E-state index contributed by atoms with van der Waals surface area (Å²) >= 11 is 3.29. The van der Waals surface area contributed by atoms with Gasteiger partial charge in [-0.2, -0.15) is 0 Å². The molecule has 0 amide bonds. The van der Waals surface area contributed by atoms with Crippen molar-refractivity contribution in [3.8, 4) is 0 Å². The van der Waals surface area contributed by atoms with Crippen molar-refractivity contribution >= 4 is 33.5 Å². The topological polar surface area (TPSA) is 60.4 Å². The summed E-state index contributed by atoms with van der Waals surface area (Å²) in [6.07, 6.45) is -0.126. The molecule has 0 radical (unpaired) electrons. The van der Waals surface area contributed by atoms with Gasteiger partial charge in [-0.1, -0.05) is 34.6 Å². The van der Waals surface area contributed by atoms with Crippen LogP contribution in [0.1, 0.15) is 30.6 Å². The molecule has 21 heavy (non-hydrogen) atoms. The highest BCUT2D eigenvalue weighted by atomic mass is 79.9. The van der Waals surface area contributed by atoms with Crippen LogP contribution in [-0.2, 0) is 14.3 Å². The fourth-order valence-corrected chi connectivity index (χ4v) is 2.04. The normalized spacial score (nSPS) is 11.6. The zero-order valence-electron chi connectivity index (χ0n) is 12.0. The van der Waals surface area contributed by atoms with Gasteiger partial charge >= 0.3 is 5.97 Å². The first kappa shape index (κ1) is 17.3. The number of esters is 1. The molecule has 0 aromatic heterocycles. The van der Waals surface area contributed by atoms with Crippen LogP contribution < -0.4 is 0 Å². The molecule has 0 heterocycles. The molecule has 0 aliphatic rings. The fraction of sp³-hybridized carbons (Fsp3) is 0.312. The van der Waals surface area contributed by atoms with Gasteiger partial charge in [0, 0.05) is 22.0 Å². The van der Waals surface area contributed by atoms with E-state index in [1.54, 1.807) is 31.2 Å². The molecule has 5 heteroatoms. The lowest BCUT2D eigenvalue weighted by Crippen LogP contribution is -2.25. The fourth-order valence-electron chi connectivity index (χ4n) is 1.78. The van der Waals surface area contributed by atoms with E-state index in [0.29, 0.717) is 5.56 Å². The molecule has 1 aromatic rings. The summed E-state index contributed by atoms with van der Waals surface area (Å²) in [5, 5.41) is 0. The van der Waals surface area contributed by atoms with Crippen molar-refractivity contribution in [2.75, 3.05) is 6.61 Å². The summed E-state index contributed by atoms with van der Waals surface area (Å²) in [6.45, 7) is 6.78. The molecular formula is C16H17BrO4. The summed E-state index contributed by atoms with van der Waals surface area (Å²) in [6, 6.07) is 6.80. The van der Waals surface area contributed by atoms with Crippen molar-refractivity contribution in [1.29, 1.82) is 0 Å². The Labute approximate surface area is 132 Å². The number of rotatable bonds is 7. The van der Waals surface area contributed by atoms with Gasteiger partial charge in [-0.05, 0) is 26.0 Å². The zero-order chi connectivity index (χ0) is 16.0. The van der Waals surface area contributed by atoms with Crippen LogP contribution in [0.15, 0.2) is 40.9 Å². The van der Waals surface area contributed by atoms with Gasteiger partial charge in [0.2, 0.25) is 0 Å². The van der Waals surface area contributed by atoms with Crippen molar-refractivity contribution in [3.63, 3.8) is 0 Å². The van der Waals surface area contributed by atoms with E-state index in [4.69, 9.17) is 4.74 Å². The number of hydrogen-bond donors (Lipinski definition) is 0. The molecule has 112 valence electrons. The van der Waals surface area contributed by atoms with E-state index in [9.17, 15) is 14.4 Å². The van der Waals surface area contributed by atoms with Gasteiger partial charge < -0.3 is 4.74 Å². The van der Waals surface area contributed by atoms with E-state index in [-0.39, 0.29) is 30.2 Å². The molecule has 0 bridgehead atoms. The van der Waals surface area contributed by atoms with Gasteiger partial charge in [0.05, 0.1) is 12.5 Å². The van der Waals surface area contributed by atoms with Crippen molar-refractivity contribution in [1.82, 2.24) is 0 Å². The zero-order valence-corrected chi connectivity index (χ0v) is 13.6. The first-order valence-electron chi connectivity index (χ1n) is 6.52. The number of Topliss-reactive ketones (excluding diaryl/α,β-unsaturated/α-hetero) is 2. The van der Waals surface area contributed by atoms with Crippen LogP contribution in [0.2, 0.25) is 0 Å². The molecule has 1 atom stereocenters. The predicted molar refractivity (Wildman–Crippen MR) is 83.0 cm³/mol. The Balaban J connectivity index is 2.92. The number of hydrogen-bond acceptors (Lipinski definition) is 4. The Morgan fingerprint density at radius 1 is 1.24 bits per heavy atom. The summed E-state index contributed by atoms with van der Waals surface area (Å²) in [7, 11) is 0. The van der Waals surface area contributed by atoms with E-state index in [1.165, 1.54) is 6.92 Å². The number of halogens is 1. The maximum absolute atomic E-state index is 12.2.